The molecule has 0 aliphatic heterocycles. The maximum atomic E-state index is 8.87. The van der Waals surface area contributed by atoms with Gasteiger partial charge in [-0.15, -0.1) is 0 Å². The first-order valence-electron chi connectivity index (χ1n) is 6.85. The van der Waals surface area contributed by atoms with E-state index in [-0.39, 0.29) is 0 Å². The maximum absolute atomic E-state index is 8.87. The molecule has 0 unspecified atom stereocenters. The average molecular weight is 277 g/mol. The molecule has 3 aromatic rings. The van der Waals surface area contributed by atoms with E-state index in [9.17, 15) is 0 Å². The number of fused-ring (bicyclic) bond motifs is 1. The zero-order chi connectivity index (χ0) is 14.7. The van der Waals surface area contributed by atoms with Crippen LogP contribution in [0.15, 0.2) is 52.9 Å². The van der Waals surface area contributed by atoms with Gasteiger partial charge in [0.05, 0.1) is 13.2 Å². The van der Waals surface area contributed by atoms with Crippen LogP contribution in [0.4, 0.5) is 0 Å². The van der Waals surface area contributed by atoms with Gasteiger partial charge in [0, 0.05) is 22.9 Å². The van der Waals surface area contributed by atoms with E-state index < -0.39 is 0 Å². The minimum atomic E-state index is 0.479. The molecule has 0 atom stereocenters. The standard InChI is InChI=1S/C18H15NO2/c1-20-14-10-8-13(9-11-14)18-16(6-4-12-19)15-5-2-3-7-17(15)21-18/h2-3,5,7-11H,4,6H2,1H3. The van der Waals surface area contributed by atoms with Crippen molar-refractivity contribution in [1.82, 2.24) is 0 Å². The Morgan fingerprint density at radius 3 is 2.57 bits per heavy atom. The fourth-order valence-corrected chi connectivity index (χ4v) is 2.50. The van der Waals surface area contributed by atoms with Crippen LogP contribution in [0.5, 0.6) is 5.75 Å². The van der Waals surface area contributed by atoms with E-state index in [1.807, 2.05) is 48.5 Å². The van der Waals surface area contributed by atoms with Crippen molar-refractivity contribution in [3.05, 3.63) is 54.1 Å². The monoisotopic (exact) mass is 277 g/mol. The molecule has 2 aromatic carbocycles. The predicted octanol–water partition coefficient (Wildman–Crippen LogP) is 4.56. The molecule has 3 rings (SSSR count). The second-order valence-corrected chi connectivity index (χ2v) is 4.79. The van der Waals surface area contributed by atoms with Crippen LogP contribution < -0.4 is 4.74 Å². The van der Waals surface area contributed by atoms with Crippen molar-refractivity contribution in [2.45, 2.75) is 12.8 Å². The summed E-state index contributed by atoms with van der Waals surface area (Å²) in [6.07, 6.45) is 1.17. The van der Waals surface area contributed by atoms with Gasteiger partial charge in [0.15, 0.2) is 0 Å². The van der Waals surface area contributed by atoms with E-state index in [0.29, 0.717) is 12.8 Å². The Morgan fingerprint density at radius 1 is 1.10 bits per heavy atom. The summed E-state index contributed by atoms with van der Waals surface area (Å²) in [4.78, 5) is 0. The molecule has 0 saturated heterocycles. The van der Waals surface area contributed by atoms with Gasteiger partial charge in [-0.2, -0.15) is 5.26 Å². The van der Waals surface area contributed by atoms with Crippen LogP contribution in [0.25, 0.3) is 22.3 Å². The van der Waals surface area contributed by atoms with Gasteiger partial charge in [-0.05, 0) is 36.8 Å². The number of para-hydroxylation sites is 1. The van der Waals surface area contributed by atoms with Gasteiger partial charge in [-0.1, -0.05) is 18.2 Å². The SMILES string of the molecule is COc1ccc(-c2oc3ccccc3c2CCC#N)cc1. The number of hydrogen-bond acceptors (Lipinski definition) is 3. The molecule has 3 heteroatoms. The highest BCUT2D eigenvalue weighted by atomic mass is 16.5. The van der Waals surface area contributed by atoms with Gasteiger partial charge in [0.2, 0.25) is 0 Å². The van der Waals surface area contributed by atoms with Crippen LogP contribution in [0.3, 0.4) is 0 Å². The molecule has 0 saturated carbocycles. The largest absolute Gasteiger partial charge is 0.497 e. The lowest BCUT2D eigenvalue weighted by Crippen LogP contribution is -1.87. The van der Waals surface area contributed by atoms with E-state index in [4.69, 9.17) is 14.4 Å². The highest BCUT2D eigenvalue weighted by Crippen LogP contribution is 2.35. The summed E-state index contributed by atoms with van der Waals surface area (Å²) in [5, 5.41) is 9.95. The molecule has 1 heterocycles. The Kier molecular flexibility index (Phi) is 3.61. The molecule has 0 aliphatic carbocycles. The van der Waals surface area contributed by atoms with Crippen molar-refractivity contribution < 1.29 is 9.15 Å². The lowest BCUT2D eigenvalue weighted by Gasteiger charge is -2.03. The zero-order valence-corrected chi connectivity index (χ0v) is 11.8. The second kappa shape index (κ2) is 5.72. The summed E-state index contributed by atoms with van der Waals surface area (Å²) < 4.78 is 11.2. The molecule has 1 aromatic heterocycles. The summed E-state index contributed by atoms with van der Waals surface area (Å²) in [7, 11) is 1.65. The van der Waals surface area contributed by atoms with Crippen molar-refractivity contribution in [2.75, 3.05) is 7.11 Å². The van der Waals surface area contributed by atoms with Crippen molar-refractivity contribution >= 4 is 11.0 Å². The van der Waals surface area contributed by atoms with E-state index in [2.05, 4.69) is 6.07 Å². The molecule has 0 spiro atoms. The minimum absolute atomic E-state index is 0.479. The third-order valence-corrected chi connectivity index (χ3v) is 3.54. The first-order chi connectivity index (χ1) is 10.3. The molecule has 0 radical (unpaired) electrons. The molecular formula is C18H15NO2. The number of nitrogens with zero attached hydrogens (tertiary/aromatic N) is 1. The van der Waals surface area contributed by atoms with Crippen molar-refractivity contribution in [3.8, 4) is 23.1 Å². The molecule has 21 heavy (non-hydrogen) atoms. The molecule has 0 N–H and O–H groups in total. The summed E-state index contributed by atoms with van der Waals surface area (Å²) in [6, 6.07) is 17.9. The molecule has 0 aliphatic rings. The molecule has 0 bridgehead atoms. The first-order valence-corrected chi connectivity index (χ1v) is 6.85. The molecule has 3 nitrogen and oxygen atoms in total. The van der Waals surface area contributed by atoms with Crippen molar-refractivity contribution in [2.24, 2.45) is 0 Å². The van der Waals surface area contributed by atoms with E-state index in [0.717, 1.165) is 33.6 Å². The van der Waals surface area contributed by atoms with Gasteiger partial charge in [0.1, 0.15) is 17.1 Å². The van der Waals surface area contributed by atoms with Crippen LogP contribution in [-0.2, 0) is 6.42 Å². The van der Waals surface area contributed by atoms with Crippen LogP contribution >= 0.6 is 0 Å². The molecular weight excluding hydrogens is 262 g/mol. The third-order valence-electron chi connectivity index (χ3n) is 3.54. The number of furan rings is 1. The molecule has 0 fully saturated rings. The lowest BCUT2D eigenvalue weighted by molar-refractivity contribution is 0.415. The van der Waals surface area contributed by atoms with Crippen molar-refractivity contribution in [3.63, 3.8) is 0 Å². The number of benzene rings is 2. The van der Waals surface area contributed by atoms with Crippen LogP contribution in [-0.4, -0.2) is 7.11 Å². The number of aryl methyl sites for hydroxylation is 1. The van der Waals surface area contributed by atoms with Crippen LogP contribution in [0.1, 0.15) is 12.0 Å². The lowest BCUT2D eigenvalue weighted by atomic mass is 10.0. The number of hydrogen-bond donors (Lipinski definition) is 0. The van der Waals surface area contributed by atoms with E-state index in [1.165, 1.54) is 0 Å². The van der Waals surface area contributed by atoms with Gasteiger partial charge in [-0.3, -0.25) is 0 Å². The third kappa shape index (κ3) is 2.48. The Hall–Kier alpha value is -2.73. The van der Waals surface area contributed by atoms with Gasteiger partial charge >= 0.3 is 0 Å². The summed E-state index contributed by atoms with van der Waals surface area (Å²) in [6.45, 7) is 0. The van der Waals surface area contributed by atoms with Gasteiger partial charge in [0.25, 0.3) is 0 Å². The molecule has 104 valence electrons. The Balaban J connectivity index is 2.13. The highest BCUT2D eigenvalue weighted by molar-refractivity contribution is 5.88. The number of nitriles is 1. The maximum Gasteiger partial charge on any atom is 0.138 e. The summed E-state index contributed by atoms with van der Waals surface area (Å²) >= 11 is 0. The Bertz CT molecular complexity index is 794. The van der Waals surface area contributed by atoms with Crippen molar-refractivity contribution in [1.29, 1.82) is 5.26 Å². The van der Waals surface area contributed by atoms with Crippen LogP contribution in [0.2, 0.25) is 0 Å². The summed E-state index contributed by atoms with van der Waals surface area (Å²) in [5.41, 5.74) is 2.95. The minimum Gasteiger partial charge on any atom is -0.497 e. The van der Waals surface area contributed by atoms with Gasteiger partial charge < -0.3 is 9.15 Å². The fraction of sp³-hybridized carbons (Fsp3) is 0.167. The quantitative estimate of drug-likeness (QED) is 0.702. The molecule has 0 amide bonds. The zero-order valence-electron chi connectivity index (χ0n) is 11.8. The predicted molar refractivity (Wildman–Crippen MR) is 82.1 cm³/mol. The average Bonchev–Trinajstić information content (AvgIpc) is 2.91. The Labute approximate surface area is 123 Å². The van der Waals surface area contributed by atoms with E-state index in [1.54, 1.807) is 7.11 Å². The second-order valence-electron chi connectivity index (χ2n) is 4.79. The number of ether oxygens (including phenoxy) is 1. The first kappa shape index (κ1) is 13.3. The topological polar surface area (TPSA) is 46.2 Å². The summed E-state index contributed by atoms with van der Waals surface area (Å²) in [5.74, 6) is 1.66. The van der Waals surface area contributed by atoms with Gasteiger partial charge in [-0.25, -0.2) is 0 Å². The fourth-order valence-electron chi connectivity index (χ4n) is 2.50. The van der Waals surface area contributed by atoms with E-state index >= 15 is 0 Å². The number of methoxy groups -OCH3 is 1. The Morgan fingerprint density at radius 2 is 1.86 bits per heavy atom. The highest BCUT2D eigenvalue weighted by Gasteiger charge is 2.15. The smallest absolute Gasteiger partial charge is 0.138 e. The van der Waals surface area contributed by atoms with Crippen LogP contribution in [0, 0.1) is 11.3 Å². The number of rotatable bonds is 4. The normalized spacial score (nSPS) is 10.5.